The molecule has 0 aliphatic heterocycles. The zero-order valence-electron chi connectivity index (χ0n) is 15.9. The lowest BCUT2D eigenvalue weighted by Gasteiger charge is -2.61. The highest BCUT2D eigenvalue weighted by molar-refractivity contribution is 5.92. The highest BCUT2D eigenvalue weighted by Gasteiger charge is 2.73. The maximum absolute atomic E-state index is 16.8. The van der Waals surface area contributed by atoms with Gasteiger partial charge in [-0.2, -0.15) is 0 Å². The second-order valence-corrected chi connectivity index (χ2v) is 9.09. The first-order valence-electron chi connectivity index (χ1n) is 9.90. The van der Waals surface area contributed by atoms with Gasteiger partial charge in [-0.05, 0) is 49.7 Å². The first-order chi connectivity index (χ1) is 12.7. The first-order valence-corrected chi connectivity index (χ1v) is 9.90. The zero-order chi connectivity index (χ0) is 19.7. The molecule has 0 radical (unpaired) electrons. The SMILES string of the molecule is CC[C@]1(O)CC[C@H]2[C@@H]3C=CC4=CC(=O)CC[C@]4(C)[C@@]3(F)[C@@H](O)C[C@@]21/C=N/O. The molecule has 0 aromatic carbocycles. The van der Waals surface area contributed by atoms with Gasteiger partial charge in [0.15, 0.2) is 11.5 Å². The standard InChI is InChI=1S/C21H28FNO4/c1-3-20(26)9-7-15-16-5-4-13-10-14(24)6-8-18(13,2)21(16,22)17(25)11-19(15,20)12-23-27/h4-5,10,12,15-17,25-27H,3,6-9,11H2,1-2H3/b23-12+/t15-,16-,17-,18-,19+,20-,21-/m0/s1. The molecule has 6 heteroatoms. The second-order valence-electron chi connectivity index (χ2n) is 9.09. The van der Waals surface area contributed by atoms with Crippen molar-refractivity contribution in [3.63, 3.8) is 0 Å². The lowest BCUT2D eigenvalue weighted by molar-refractivity contribution is -0.194. The number of aliphatic hydroxyl groups excluding tert-OH is 1. The van der Waals surface area contributed by atoms with Crippen molar-refractivity contribution < 1.29 is 24.6 Å². The van der Waals surface area contributed by atoms with Crippen molar-refractivity contribution >= 4 is 12.0 Å². The number of nitrogens with zero attached hydrogens (tertiary/aromatic N) is 1. The summed E-state index contributed by atoms with van der Waals surface area (Å²) in [7, 11) is 0. The fourth-order valence-corrected chi connectivity index (χ4v) is 6.72. The fourth-order valence-electron chi connectivity index (χ4n) is 6.72. The van der Waals surface area contributed by atoms with E-state index in [2.05, 4.69) is 5.16 Å². The molecule has 4 rings (SSSR count). The van der Waals surface area contributed by atoms with Gasteiger partial charge < -0.3 is 15.4 Å². The maximum Gasteiger partial charge on any atom is 0.156 e. The summed E-state index contributed by atoms with van der Waals surface area (Å²) in [5.74, 6) is -0.906. The molecule has 0 aromatic heterocycles. The fraction of sp³-hybridized carbons (Fsp3) is 0.714. The molecule has 5 nitrogen and oxygen atoms in total. The van der Waals surface area contributed by atoms with Gasteiger partial charge in [-0.1, -0.05) is 26.0 Å². The third-order valence-electron chi connectivity index (χ3n) is 8.36. The van der Waals surface area contributed by atoms with Gasteiger partial charge in [0.25, 0.3) is 0 Å². The molecule has 0 saturated heterocycles. The molecule has 7 atom stereocenters. The Morgan fingerprint density at radius 2 is 2.15 bits per heavy atom. The molecule has 27 heavy (non-hydrogen) atoms. The molecule has 3 N–H and O–H groups in total. The first kappa shape index (κ1) is 18.8. The summed E-state index contributed by atoms with van der Waals surface area (Å²) in [4.78, 5) is 11.9. The van der Waals surface area contributed by atoms with Crippen molar-refractivity contribution in [2.75, 3.05) is 0 Å². The van der Waals surface area contributed by atoms with E-state index < -0.39 is 34.1 Å². The number of carbonyl (C=O) groups excluding carboxylic acids is 1. The van der Waals surface area contributed by atoms with E-state index in [0.29, 0.717) is 31.3 Å². The summed E-state index contributed by atoms with van der Waals surface area (Å²) in [6, 6.07) is 0. The van der Waals surface area contributed by atoms with E-state index in [9.17, 15) is 20.2 Å². The predicted molar refractivity (Wildman–Crippen MR) is 98.2 cm³/mol. The highest BCUT2D eigenvalue weighted by Crippen LogP contribution is 2.68. The largest absolute Gasteiger partial charge is 0.411 e. The van der Waals surface area contributed by atoms with Crippen LogP contribution in [0.25, 0.3) is 0 Å². The predicted octanol–water partition coefficient (Wildman–Crippen LogP) is 2.94. The molecule has 148 valence electrons. The maximum atomic E-state index is 16.8. The molecule has 0 aromatic rings. The lowest BCUT2D eigenvalue weighted by Crippen LogP contribution is -2.68. The zero-order valence-corrected chi connectivity index (χ0v) is 15.9. The summed E-state index contributed by atoms with van der Waals surface area (Å²) >= 11 is 0. The second kappa shape index (κ2) is 5.74. The highest BCUT2D eigenvalue weighted by atomic mass is 19.1. The molecular weight excluding hydrogens is 349 g/mol. The number of hydrogen-bond donors (Lipinski definition) is 3. The lowest BCUT2D eigenvalue weighted by atomic mass is 9.45. The van der Waals surface area contributed by atoms with Crippen LogP contribution in [0.5, 0.6) is 0 Å². The average molecular weight is 377 g/mol. The van der Waals surface area contributed by atoms with Gasteiger partial charge >= 0.3 is 0 Å². The summed E-state index contributed by atoms with van der Waals surface area (Å²) in [6.07, 6.45) is 7.24. The van der Waals surface area contributed by atoms with E-state index >= 15 is 4.39 Å². The number of aliphatic hydroxyl groups is 2. The third-order valence-corrected chi connectivity index (χ3v) is 8.36. The van der Waals surface area contributed by atoms with Crippen LogP contribution in [0, 0.1) is 22.7 Å². The monoisotopic (exact) mass is 377 g/mol. The van der Waals surface area contributed by atoms with E-state index in [0.717, 1.165) is 0 Å². The normalized spacial score (nSPS) is 51.7. The number of allylic oxidation sites excluding steroid dienone is 4. The Morgan fingerprint density at radius 3 is 2.81 bits per heavy atom. The molecule has 0 amide bonds. The molecule has 4 aliphatic rings. The number of ketones is 1. The number of oxime groups is 1. The third kappa shape index (κ3) is 2.06. The number of carbonyl (C=O) groups is 1. The Hall–Kier alpha value is -1.53. The van der Waals surface area contributed by atoms with Gasteiger partial charge in [0.2, 0.25) is 0 Å². The number of hydrogen-bond acceptors (Lipinski definition) is 5. The van der Waals surface area contributed by atoms with Crippen molar-refractivity contribution in [2.45, 2.75) is 69.7 Å². The van der Waals surface area contributed by atoms with Gasteiger partial charge in [-0.15, -0.1) is 5.16 Å². The quantitative estimate of drug-likeness (QED) is 0.392. The number of fused-ring (bicyclic) bond motifs is 5. The molecule has 0 unspecified atom stereocenters. The molecule has 2 fully saturated rings. The van der Waals surface area contributed by atoms with Crippen LogP contribution in [-0.4, -0.2) is 44.8 Å². The van der Waals surface area contributed by atoms with Gasteiger partial charge in [-0.25, -0.2) is 4.39 Å². The Kier molecular flexibility index (Phi) is 4.00. The van der Waals surface area contributed by atoms with Crippen molar-refractivity contribution in [1.29, 1.82) is 0 Å². The van der Waals surface area contributed by atoms with Gasteiger partial charge in [-0.3, -0.25) is 4.79 Å². The van der Waals surface area contributed by atoms with Crippen LogP contribution < -0.4 is 0 Å². The molecule has 0 spiro atoms. The number of rotatable bonds is 2. The van der Waals surface area contributed by atoms with Gasteiger partial charge in [0.1, 0.15) is 0 Å². The van der Waals surface area contributed by atoms with Gasteiger partial charge in [0, 0.05) is 23.2 Å². The molecule has 0 bridgehead atoms. The van der Waals surface area contributed by atoms with Crippen molar-refractivity contribution in [3.8, 4) is 0 Å². The Bertz CT molecular complexity index is 763. The van der Waals surface area contributed by atoms with E-state index in [-0.39, 0.29) is 24.5 Å². The Labute approximate surface area is 158 Å². The van der Waals surface area contributed by atoms with Crippen LogP contribution in [0.2, 0.25) is 0 Å². The minimum absolute atomic E-state index is 0.00369. The summed E-state index contributed by atoms with van der Waals surface area (Å²) in [6.45, 7) is 3.67. The minimum Gasteiger partial charge on any atom is -0.411 e. The van der Waals surface area contributed by atoms with E-state index in [1.807, 2.05) is 13.0 Å². The minimum atomic E-state index is -1.93. The summed E-state index contributed by atoms with van der Waals surface area (Å²) < 4.78 is 16.8. The van der Waals surface area contributed by atoms with Crippen LogP contribution in [0.15, 0.2) is 29.0 Å². The van der Waals surface area contributed by atoms with Crippen LogP contribution in [0.4, 0.5) is 4.39 Å². The molecule has 4 aliphatic carbocycles. The Morgan fingerprint density at radius 1 is 1.41 bits per heavy atom. The average Bonchev–Trinajstić information content (AvgIpc) is 2.91. The Balaban J connectivity index is 1.89. The van der Waals surface area contributed by atoms with Crippen LogP contribution in [0.1, 0.15) is 52.4 Å². The van der Waals surface area contributed by atoms with Crippen LogP contribution >= 0.6 is 0 Å². The molecular formula is C21H28FNO4. The summed E-state index contributed by atoms with van der Waals surface area (Å²) in [5.41, 5.74) is -4.34. The van der Waals surface area contributed by atoms with Crippen molar-refractivity contribution in [3.05, 3.63) is 23.8 Å². The summed E-state index contributed by atoms with van der Waals surface area (Å²) in [5, 5.41) is 35.0. The van der Waals surface area contributed by atoms with Crippen LogP contribution in [0.3, 0.4) is 0 Å². The number of halogens is 1. The van der Waals surface area contributed by atoms with Crippen LogP contribution in [-0.2, 0) is 4.79 Å². The van der Waals surface area contributed by atoms with E-state index in [1.165, 1.54) is 12.3 Å². The molecule has 0 heterocycles. The van der Waals surface area contributed by atoms with E-state index in [4.69, 9.17) is 0 Å². The van der Waals surface area contributed by atoms with Crippen molar-refractivity contribution in [2.24, 2.45) is 27.8 Å². The number of alkyl halides is 1. The molecule has 2 saturated carbocycles. The van der Waals surface area contributed by atoms with E-state index in [1.54, 1.807) is 13.0 Å². The topological polar surface area (TPSA) is 90.1 Å². The van der Waals surface area contributed by atoms with Crippen molar-refractivity contribution in [1.82, 2.24) is 0 Å². The smallest absolute Gasteiger partial charge is 0.156 e. The van der Waals surface area contributed by atoms with Gasteiger partial charge in [0.05, 0.1) is 17.9 Å².